The third-order valence-corrected chi connectivity index (χ3v) is 2.60. The predicted octanol–water partition coefficient (Wildman–Crippen LogP) is 1.74. The van der Waals surface area contributed by atoms with Gasteiger partial charge in [0.15, 0.2) is 0 Å². The van der Waals surface area contributed by atoms with Crippen molar-refractivity contribution in [2.75, 3.05) is 7.11 Å². The average Bonchev–Trinajstić information content (AvgIpc) is 2.44. The van der Waals surface area contributed by atoms with E-state index in [1.807, 2.05) is 6.92 Å². The Bertz CT molecular complexity index is 343. The van der Waals surface area contributed by atoms with Gasteiger partial charge in [0.25, 0.3) is 0 Å². The second-order valence-corrected chi connectivity index (χ2v) is 3.46. The van der Waals surface area contributed by atoms with Gasteiger partial charge in [0.2, 0.25) is 0 Å². The highest BCUT2D eigenvalue weighted by Crippen LogP contribution is 2.19. The highest BCUT2D eigenvalue weighted by Gasteiger charge is 2.09. The molecule has 13 heavy (non-hydrogen) atoms. The fourth-order valence-electron chi connectivity index (χ4n) is 0.830. The van der Waals surface area contributed by atoms with E-state index in [-0.39, 0.29) is 0 Å². The van der Waals surface area contributed by atoms with Crippen molar-refractivity contribution in [3.05, 3.63) is 21.4 Å². The van der Waals surface area contributed by atoms with E-state index in [0.717, 1.165) is 10.4 Å². The van der Waals surface area contributed by atoms with Crippen LogP contribution in [0.3, 0.4) is 0 Å². The molecule has 70 valence electrons. The lowest BCUT2D eigenvalue weighted by Crippen LogP contribution is -1.89. The van der Waals surface area contributed by atoms with Crippen LogP contribution in [0.2, 0.25) is 0 Å². The summed E-state index contributed by atoms with van der Waals surface area (Å²) in [5.74, 6) is -0.912. The van der Waals surface area contributed by atoms with Gasteiger partial charge < -0.3 is 9.94 Å². The summed E-state index contributed by atoms with van der Waals surface area (Å²) >= 11 is 1.18. The smallest absolute Gasteiger partial charge is 0.345 e. The van der Waals surface area contributed by atoms with E-state index in [0.29, 0.717) is 4.88 Å². The summed E-state index contributed by atoms with van der Waals surface area (Å²) in [5, 5.41) is 12.3. The predicted molar refractivity (Wildman–Crippen MR) is 50.6 cm³/mol. The Kier molecular flexibility index (Phi) is 3.02. The van der Waals surface area contributed by atoms with Gasteiger partial charge in [-0.3, -0.25) is 0 Å². The molecule has 0 amide bonds. The minimum absolute atomic E-state index is 0.315. The molecule has 0 spiro atoms. The Balaban J connectivity index is 2.96. The number of rotatable bonds is 3. The molecule has 0 aliphatic rings. The second kappa shape index (κ2) is 4.04. The Labute approximate surface area is 79.5 Å². The Hall–Kier alpha value is -1.36. The molecule has 0 bridgehead atoms. The number of thiophene rings is 1. The second-order valence-electron chi connectivity index (χ2n) is 2.38. The number of hydrogen-bond donors (Lipinski definition) is 1. The number of nitrogens with zero attached hydrogens (tertiary/aromatic N) is 1. The van der Waals surface area contributed by atoms with Gasteiger partial charge in [-0.15, -0.1) is 11.3 Å². The number of carboxylic acid groups (broad SMARTS) is 1. The van der Waals surface area contributed by atoms with E-state index in [1.54, 1.807) is 6.07 Å². The summed E-state index contributed by atoms with van der Waals surface area (Å²) in [7, 11) is 1.44. The molecule has 0 saturated heterocycles. The summed E-state index contributed by atoms with van der Waals surface area (Å²) < 4.78 is 0. The van der Waals surface area contributed by atoms with Crippen LogP contribution in [-0.4, -0.2) is 24.4 Å². The fraction of sp³-hybridized carbons (Fsp3) is 0.250. The minimum Gasteiger partial charge on any atom is -0.477 e. The molecule has 4 nitrogen and oxygen atoms in total. The molecule has 0 saturated carbocycles. The van der Waals surface area contributed by atoms with Crippen LogP contribution in [0.1, 0.15) is 20.1 Å². The summed E-state index contributed by atoms with van der Waals surface area (Å²) in [6.45, 7) is 1.83. The van der Waals surface area contributed by atoms with Crippen LogP contribution in [-0.2, 0) is 4.84 Å². The Morgan fingerprint density at radius 2 is 2.46 bits per heavy atom. The first-order valence-electron chi connectivity index (χ1n) is 3.55. The number of aryl methyl sites for hydroxylation is 1. The summed E-state index contributed by atoms with van der Waals surface area (Å²) in [5.41, 5.74) is 0.892. The summed E-state index contributed by atoms with van der Waals surface area (Å²) in [6, 6.07) is 1.62. The number of carbonyl (C=O) groups is 1. The van der Waals surface area contributed by atoms with E-state index in [2.05, 4.69) is 9.99 Å². The number of carboxylic acids is 1. The molecule has 5 heteroatoms. The zero-order valence-electron chi connectivity index (χ0n) is 7.27. The van der Waals surface area contributed by atoms with Gasteiger partial charge in [-0.2, -0.15) is 0 Å². The van der Waals surface area contributed by atoms with Gasteiger partial charge in [-0.1, -0.05) is 5.16 Å². The summed E-state index contributed by atoms with van der Waals surface area (Å²) in [4.78, 5) is 16.2. The van der Waals surface area contributed by atoms with Crippen LogP contribution in [0.15, 0.2) is 11.2 Å². The first kappa shape index (κ1) is 9.73. The molecule has 0 aliphatic carbocycles. The monoisotopic (exact) mass is 199 g/mol. The lowest BCUT2D eigenvalue weighted by atomic mass is 10.3. The van der Waals surface area contributed by atoms with E-state index in [4.69, 9.17) is 5.11 Å². The highest BCUT2D eigenvalue weighted by atomic mass is 32.1. The molecule has 0 unspecified atom stereocenters. The van der Waals surface area contributed by atoms with Gasteiger partial charge >= 0.3 is 5.97 Å². The number of aromatic carboxylic acids is 1. The van der Waals surface area contributed by atoms with Crippen molar-refractivity contribution in [1.29, 1.82) is 0 Å². The van der Waals surface area contributed by atoms with Crippen molar-refractivity contribution in [1.82, 2.24) is 0 Å². The first-order chi connectivity index (χ1) is 6.15. The zero-order chi connectivity index (χ0) is 9.84. The molecule has 1 heterocycles. The van der Waals surface area contributed by atoms with Crippen molar-refractivity contribution >= 4 is 23.5 Å². The van der Waals surface area contributed by atoms with E-state index < -0.39 is 5.97 Å². The molecular formula is C8H9NO3S. The molecule has 0 fully saturated rings. The normalized spacial score (nSPS) is 10.6. The number of hydrogen-bond acceptors (Lipinski definition) is 4. The lowest BCUT2D eigenvalue weighted by molar-refractivity contribution is 0.0702. The fourth-order valence-corrected chi connectivity index (χ4v) is 1.71. The van der Waals surface area contributed by atoms with Crippen LogP contribution < -0.4 is 0 Å². The lowest BCUT2D eigenvalue weighted by Gasteiger charge is -1.86. The van der Waals surface area contributed by atoms with Gasteiger partial charge in [0.05, 0.1) is 11.1 Å². The molecule has 1 N–H and O–H groups in total. The maximum absolute atomic E-state index is 10.6. The standard InChI is InChI=1S/C8H9NO3S/c1-5-3-6(8(10)11)13-7(5)4-9-12-2/h3-4H,1-2H3,(H,10,11)/b9-4+. The molecule has 1 rings (SSSR count). The minimum atomic E-state index is -0.912. The zero-order valence-corrected chi connectivity index (χ0v) is 8.09. The molecule has 0 atom stereocenters. The maximum atomic E-state index is 10.6. The third-order valence-electron chi connectivity index (χ3n) is 1.44. The largest absolute Gasteiger partial charge is 0.477 e. The Morgan fingerprint density at radius 1 is 1.77 bits per heavy atom. The Morgan fingerprint density at radius 3 is 2.92 bits per heavy atom. The maximum Gasteiger partial charge on any atom is 0.345 e. The molecular weight excluding hydrogens is 190 g/mol. The van der Waals surface area contributed by atoms with Crippen molar-refractivity contribution in [2.45, 2.75) is 6.92 Å². The number of oxime groups is 1. The van der Waals surface area contributed by atoms with Gasteiger partial charge in [-0.05, 0) is 18.6 Å². The topological polar surface area (TPSA) is 58.9 Å². The average molecular weight is 199 g/mol. The molecule has 0 aliphatic heterocycles. The van der Waals surface area contributed by atoms with Crippen LogP contribution >= 0.6 is 11.3 Å². The van der Waals surface area contributed by atoms with Crippen molar-refractivity contribution in [3.8, 4) is 0 Å². The van der Waals surface area contributed by atoms with E-state index >= 15 is 0 Å². The van der Waals surface area contributed by atoms with Gasteiger partial charge in [0.1, 0.15) is 12.0 Å². The van der Waals surface area contributed by atoms with Crippen molar-refractivity contribution < 1.29 is 14.7 Å². The van der Waals surface area contributed by atoms with Crippen LogP contribution in [0.25, 0.3) is 0 Å². The van der Waals surface area contributed by atoms with Crippen LogP contribution in [0, 0.1) is 6.92 Å². The molecule has 1 aromatic rings. The van der Waals surface area contributed by atoms with E-state index in [1.165, 1.54) is 24.7 Å². The molecule has 0 aromatic carbocycles. The van der Waals surface area contributed by atoms with Crippen LogP contribution in [0.4, 0.5) is 0 Å². The summed E-state index contributed by atoms with van der Waals surface area (Å²) in [6.07, 6.45) is 1.51. The van der Waals surface area contributed by atoms with E-state index in [9.17, 15) is 4.79 Å². The van der Waals surface area contributed by atoms with Gasteiger partial charge in [0, 0.05) is 0 Å². The quantitative estimate of drug-likeness (QED) is 0.595. The first-order valence-corrected chi connectivity index (χ1v) is 4.37. The SMILES string of the molecule is CO/N=C/c1sc(C(=O)O)cc1C. The van der Waals surface area contributed by atoms with Crippen LogP contribution in [0.5, 0.6) is 0 Å². The highest BCUT2D eigenvalue weighted by molar-refractivity contribution is 7.15. The third kappa shape index (κ3) is 2.29. The van der Waals surface area contributed by atoms with Crippen molar-refractivity contribution in [2.24, 2.45) is 5.16 Å². The van der Waals surface area contributed by atoms with Gasteiger partial charge in [-0.25, -0.2) is 4.79 Å². The molecule has 1 aromatic heterocycles. The molecule has 0 radical (unpaired) electrons. The van der Waals surface area contributed by atoms with Crippen molar-refractivity contribution in [3.63, 3.8) is 0 Å².